The van der Waals surface area contributed by atoms with Crippen molar-refractivity contribution in [3.63, 3.8) is 0 Å². The Morgan fingerprint density at radius 2 is 2.17 bits per heavy atom. The molecule has 1 saturated heterocycles. The SMILES string of the molecule is C[C@H](O)CNCc1cc2nc(-c3cccc4[nH]ncc34)nc(N3CCOCC3)c2s1. The lowest BCUT2D eigenvalue weighted by Crippen LogP contribution is -2.36. The van der Waals surface area contributed by atoms with Crippen LogP contribution in [0.2, 0.25) is 0 Å². The number of aromatic amines is 1. The van der Waals surface area contributed by atoms with E-state index >= 15 is 0 Å². The molecule has 4 aromatic rings. The number of nitrogens with zero attached hydrogens (tertiary/aromatic N) is 4. The first kappa shape index (κ1) is 19.4. The molecule has 3 aromatic heterocycles. The summed E-state index contributed by atoms with van der Waals surface area (Å²) in [4.78, 5) is 13.4. The van der Waals surface area contributed by atoms with Crippen LogP contribution in [-0.2, 0) is 11.3 Å². The molecule has 0 spiro atoms. The van der Waals surface area contributed by atoms with Crippen LogP contribution in [0.25, 0.3) is 32.5 Å². The van der Waals surface area contributed by atoms with Crippen LogP contribution in [0.3, 0.4) is 0 Å². The van der Waals surface area contributed by atoms with Gasteiger partial charge in [-0.15, -0.1) is 11.3 Å². The summed E-state index contributed by atoms with van der Waals surface area (Å²) in [5.74, 6) is 1.67. The van der Waals surface area contributed by atoms with Gasteiger partial charge in [0.1, 0.15) is 0 Å². The quantitative estimate of drug-likeness (QED) is 0.437. The van der Waals surface area contributed by atoms with Crippen LogP contribution in [-0.4, -0.2) is 64.2 Å². The van der Waals surface area contributed by atoms with Gasteiger partial charge in [-0.25, -0.2) is 9.97 Å². The lowest BCUT2D eigenvalue weighted by Gasteiger charge is -2.28. The van der Waals surface area contributed by atoms with Gasteiger partial charge in [-0.1, -0.05) is 12.1 Å². The monoisotopic (exact) mass is 424 g/mol. The molecular weight excluding hydrogens is 400 g/mol. The summed E-state index contributed by atoms with van der Waals surface area (Å²) in [7, 11) is 0. The maximum absolute atomic E-state index is 9.51. The highest BCUT2D eigenvalue weighted by molar-refractivity contribution is 7.19. The topological polar surface area (TPSA) is 99.2 Å². The highest BCUT2D eigenvalue weighted by Gasteiger charge is 2.21. The van der Waals surface area contributed by atoms with Crippen LogP contribution in [0.15, 0.2) is 30.5 Å². The smallest absolute Gasteiger partial charge is 0.162 e. The molecule has 0 aliphatic carbocycles. The number of nitrogens with one attached hydrogen (secondary N) is 2. The average molecular weight is 425 g/mol. The first-order valence-electron chi connectivity index (χ1n) is 10.1. The summed E-state index contributed by atoms with van der Waals surface area (Å²) in [6.45, 7) is 6.07. The molecule has 1 fully saturated rings. The molecule has 8 nitrogen and oxygen atoms in total. The van der Waals surface area contributed by atoms with E-state index in [1.807, 2.05) is 24.4 Å². The molecule has 156 valence electrons. The predicted molar refractivity (Wildman–Crippen MR) is 119 cm³/mol. The van der Waals surface area contributed by atoms with Crippen molar-refractivity contribution in [2.75, 3.05) is 37.7 Å². The van der Waals surface area contributed by atoms with E-state index in [0.717, 1.165) is 45.6 Å². The fraction of sp³-hybridized carbons (Fsp3) is 0.381. The number of fused-ring (bicyclic) bond motifs is 2. The second-order valence-corrected chi connectivity index (χ2v) is 8.65. The van der Waals surface area contributed by atoms with Crippen LogP contribution in [0.1, 0.15) is 11.8 Å². The Balaban J connectivity index is 1.60. The number of morpholine rings is 1. The Hall–Kier alpha value is -2.59. The number of hydrogen-bond acceptors (Lipinski definition) is 8. The molecule has 0 amide bonds. The summed E-state index contributed by atoms with van der Waals surface area (Å²) in [5, 5.41) is 21.0. The number of anilines is 1. The molecule has 3 N–H and O–H groups in total. The molecular formula is C21H24N6O2S. The molecule has 5 rings (SSSR count). The number of rotatable bonds is 6. The van der Waals surface area contributed by atoms with Crippen LogP contribution in [0.5, 0.6) is 0 Å². The summed E-state index contributed by atoms with van der Waals surface area (Å²) >= 11 is 1.71. The first-order chi connectivity index (χ1) is 14.7. The van der Waals surface area contributed by atoms with E-state index in [9.17, 15) is 5.11 Å². The molecule has 30 heavy (non-hydrogen) atoms. The van der Waals surface area contributed by atoms with Gasteiger partial charge < -0.3 is 20.1 Å². The van der Waals surface area contributed by atoms with Gasteiger partial charge in [0.2, 0.25) is 0 Å². The average Bonchev–Trinajstić information content (AvgIpc) is 3.39. The Bertz CT molecular complexity index is 1160. The minimum atomic E-state index is -0.370. The van der Waals surface area contributed by atoms with E-state index in [-0.39, 0.29) is 6.10 Å². The number of thiophene rings is 1. The fourth-order valence-electron chi connectivity index (χ4n) is 3.73. The molecule has 0 bridgehead atoms. The number of ether oxygens (including phenoxy) is 1. The molecule has 9 heteroatoms. The number of aliphatic hydroxyl groups is 1. The van der Waals surface area contributed by atoms with E-state index in [2.05, 4.69) is 26.5 Å². The second-order valence-electron chi connectivity index (χ2n) is 7.51. The van der Waals surface area contributed by atoms with Crippen molar-refractivity contribution in [1.82, 2.24) is 25.5 Å². The van der Waals surface area contributed by atoms with E-state index in [1.165, 1.54) is 4.88 Å². The molecule has 1 aromatic carbocycles. The van der Waals surface area contributed by atoms with Crippen molar-refractivity contribution in [2.24, 2.45) is 0 Å². The summed E-state index contributed by atoms with van der Waals surface area (Å²) < 4.78 is 6.64. The van der Waals surface area contributed by atoms with Gasteiger partial charge >= 0.3 is 0 Å². The van der Waals surface area contributed by atoms with E-state index < -0.39 is 0 Å². The highest BCUT2D eigenvalue weighted by atomic mass is 32.1. The Kier molecular flexibility index (Phi) is 5.34. The van der Waals surface area contributed by atoms with E-state index in [4.69, 9.17) is 14.7 Å². The minimum absolute atomic E-state index is 0.370. The van der Waals surface area contributed by atoms with Crippen molar-refractivity contribution in [2.45, 2.75) is 19.6 Å². The minimum Gasteiger partial charge on any atom is -0.392 e. The van der Waals surface area contributed by atoms with Gasteiger partial charge in [-0.2, -0.15) is 5.10 Å². The number of benzene rings is 1. The maximum atomic E-state index is 9.51. The third kappa shape index (κ3) is 3.77. The second kappa shape index (κ2) is 8.27. The molecule has 1 aliphatic heterocycles. The molecule has 0 saturated carbocycles. The van der Waals surface area contributed by atoms with Crippen LogP contribution in [0, 0.1) is 0 Å². The van der Waals surface area contributed by atoms with Gasteiger partial charge in [0.25, 0.3) is 0 Å². The van der Waals surface area contributed by atoms with Crippen LogP contribution < -0.4 is 10.2 Å². The third-order valence-electron chi connectivity index (χ3n) is 5.18. The summed E-state index contributed by atoms with van der Waals surface area (Å²) in [6.07, 6.45) is 1.45. The van der Waals surface area contributed by atoms with Gasteiger partial charge in [0.15, 0.2) is 11.6 Å². The van der Waals surface area contributed by atoms with Crippen molar-refractivity contribution in [1.29, 1.82) is 0 Å². The summed E-state index contributed by atoms with van der Waals surface area (Å²) in [6, 6.07) is 8.17. The number of aromatic nitrogens is 4. The molecule has 1 aliphatic rings. The highest BCUT2D eigenvalue weighted by Crippen LogP contribution is 2.35. The number of H-pyrrole nitrogens is 1. The standard InChI is InChI=1S/C21H24N6O2S/c1-13(28)10-22-11-14-9-18-19(30-14)21(27-5-7-29-8-6-27)25-20(24-18)15-3-2-4-17-16(15)12-23-26-17/h2-4,9,12-13,22,28H,5-8,10-11H2,1H3,(H,23,26)/t13-/m0/s1. The fourth-order valence-corrected chi connectivity index (χ4v) is 4.81. The largest absolute Gasteiger partial charge is 0.392 e. The van der Waals surface area contributed by atoms with Crippen molar-refractivity contribution < 1.29 is 9.84 Å². The Morgan fingerprint density at radius 1 is 1.30 bits per heavy atom. The van der Waals surface area contributed by atoms with Crippen molar-refractivity contribution in [3.05, 3.63) is 35.3 Å². The lowest BCUT2D eigenvalue weighted by atomic mass is 10.1. The molecule has 4 heterocycles. The van der Waals surface area contributed by atoms with Crippen LogP contribution >= 0.6 is 11.3 Å². The van der Waals surface area contributed by atoms with E-state index in [0.29, 0.717) is 32.1 Å². The Morgan fingerprint density at radius 3 is 3.00 bits per heavy atom. The lowest BCUT2D eigenvalue weighted by molar-refractivity contribution is 0.122. The van der Waals surface area contributed by atoms with E-state index in [1.54, 1.807) is 18.3 Å². The third-order valence-corrected chi connectivity index (χ3v) is 6.30. The first-order valence-corrected chi connectivity index (χ1v) is 10.9. The molecule has 0 unspecified atom stereocenters. The van der Waals surface area contributed by atoms with Crippen molar-refractivity contribution >= 4 is 38.3 Å². The Labute approximate surface area is 177 Å². The maximum Gasteiger partial charge on any atom is 0.162 e. The zero-order valence-electron chi connectivity index (χ0n) is 16.8. The molecule has 1 atom stereocenters. The molecule has 0 radical (unpaired) electrons. The van der Waals surface area contributed by atoms with Gasteiger partial charge in [0, 0.05) is 42.0 Å². The van der Waals surface area contributed by atoms with Crippen molar-refractivity contribution in [3.8, 4) is 11.4 Å². The zero-order valence-corrected chi connectivity index (χ0v) is 17.6. The van der Waals surface area contributed by atoms with Crippen LogP contribution in [0.4, 0.5) is 5.82 Å². The predicted octanol–water partition coefficient (Wildman–Crippen LogP) is 2.54. The zero-order chi connectivity index (χ0) is 20.5. The number of aliphatic hydroxyl groups excluding tert-OH is 1. The normalized spacial score (nSPS) is 15.9. The summed E-state index contributed by atoms with van der Waals surface area (Å²) in [5.41, 5.74) is 2.89. The van der Waals surface area contributed by atoms with Gasteiger partial charge in [-0.3, -0.25) is 5.10 Å². The number of hydrogen-bond donors (Lipinski definition) is 3. The van der Waals surface area contributed by atoms with Gasteiger partial charge in [0.05, 0.1) is 41.2 Å². The van der Waals surface area contributed by atoms with Gasteiger partial charge in [-0.05, 0) is 19.1 Å².